The van der Waals surface area contributed by atoms with Gasteiger partial charge in [0.15, 0.2) is 0 Å². The van der Waals surface area contributed by atoms with E-state index in [4.69, 9.17) is 11.2 Å². The van der Waals surface area contributed by atoms with Crippen molar-refractivity contribution in [3.8, 4) is 18.1 Å². The molecule has 2 aromatic rings. The summed E-state index contributed by atoms with van der Waals surface area (Å²) in [6, 6.07) is 9.85. The predicted octanol–water partition coefficient (Wildman–Crippen LogP) is 3.15. The highest BCUT2D eigenvalue weighted by molar-refractivity contribution is 7.08. The number of hydrogen-bond donors (Lipinski definition) is 2. The molecule has 1 unspecified atom stereocenters. The molecule has 0 saturated heterocycles. The molecule has 0 aliphatic carbocycles. The number of ether oxygens (including phenoxy) is 1. The van der Waals surface area contributed by atoms with Crippen molar-refractivity contribution in [1.29, 1.82) is 0 Å². The predicted molar refractivity (Wildman–Crippen MR) is 91.0 cm³/mol. The first-order chi connectivity index (χ1) is 10.6. The maximum Gasteiger partial charge on any atom is 0.119 e. The van der Waals surface area contributed by atoms with Crippen LogP contribution in [0.15, 0.2) is 41.1 Å². The van der Waals surface area contributed by atoms with Crippen LogP contribution in [0.4, 0.5) is 0 Å². The summed E-state index contributed by atoms with van der Waals surface area (Å²) in [7, 11) is 0. The molecule has 1 aromatic heterocycles. The lowest BCUT2D eigenvalue weighted by atomic mass is 9.99. The number of aliphatic hydroxyl groups is 1. The average Bonchev–Trinajstić information content (AvgIpc) is 3.04. The van der Waals surface area contributed by atoms with Crippen molar-refractivity contribution in [2.24, 2.45) is 0 Å². The lowest BCUT2D eigenvalue weighted by Crippen LogP contribution is -2.34. The monoisotopic (exact) mass is 315 g/mol. The fourth-order valence-corrected chi connectivity index (χ4v) is 2.84. The van der Waals surface area contributed by atoms with Gasteiger partial charge in [-0.25, -0.2) is 0 Å². The van der Waals surface area contributed by atoms with E-state index in [1.54, 1.807) is 11.3 Å². The third-order valence-electron chi connectivity index (χ3n) is 3.38. The second kappa shape index (κ2) is 8.00. The summed E-state index contributed by atoms with van der Waals surface area (Å²) < 4.78 is 5.51. The molecule has 0 aliphatic heterocycles. The van der Waals surface area contributed by atoms with Gasteiger partial charge in [-0.2, -0.15) is 11.3 Å². The molecule has 4 heteroatoms. The summed E-state index contributed by atoms with van der Waals surface area (Å²) in [6.45, 7) is 3.57. The molecule has 0 fully saturated rings. The Bertz CT molecular complexity index is 597. The van der Waals surface area contributed by atoms with Crippen LogP contribution in [0.5, 0.6) is 5.75 Å². The van der Waals surface area contributed by atoms with Gasteiger partial charge in [-0.3, -0.25) is 0 Å². The Morgan fingerprint density at radius 3 is 2.73 bits per heavy atom. The quantitative estimate of drug-likeness (QED) is 0.581. The lowest BCUT2D eigenvalue weighted by Gasteiger charge is -2.23. The molecule has 0 spiro atoms. The van der Waals surface area contributed by atoms with Gasteiger partial charge in [0.05, 0.1) is 12.2 Å². The maximum atomic E-state index is 10.4. The van der Waals surface area contributed by atoms with Crippen LogP contribution in [0.2, 0.25) is 0 Å². The summed E-state index contributed by atoms with van der Waals surface area (Å²) in [5.74, 6) is 3.37. The van der Waals surface area contributed by atoms with Gasteiger partial charge < -0.3 is 15.2 Å². The maximum absolute atomic E-state index is 10.4. The molecule has 0 bridgehead atoms. The topological polar surface area (TPSA) is 41.5 Å². The summed E-state index contributed by atoms with van der Waals surface area (Å²) in [6.07, 6.45) is 5.80. The van der Waals surface area contributed by atoms with E-state index < -0.39 is 5.60 Å². The third-order valence-corrected chi connectivity index (χ3v) is 4.06. The molecule has 1 aromatic carbocycles. The van der Waals surface area contributed by atoms with E-state index in [1.807, 2.05) is 48.0 Å². The van der Waals surface area contributed by atoms with Crippen molar-refractivity contribution in [2.75, 3.05) is 13.2 Å². The molecule has 22 heavy (non-hydrogen) atoms. The van der Waals surface area contributed by atoms with E-state index in [0.717, 1.165) is 16.9 Å². The van der Waals surface area contributed by atoms with Gasteiger partial charge in [0.2, 0.25) is 0 Å². The second-order valence-corrected chi connectivity index (χ2v) is 6.12. The van der Waals surface area contributed by atoms with Crippen LogP contribution in [0.3, 0.4) is 0 Å². The molecule has 2 N–H and O–H groups in total. The van der Waals surface area contributed by atoms with Crippen LogP contribution >= 0.6 is 11.3 Å². The van der Waals surface area contributed by atoms with Crippen LogP contribution in [-0.4, -0.2) is 18.3 Å². The van der Waals surface area contributed by atoms with E-state index in [9.17, 15) is 5.11 Å². The third kappa shape index (κ3) is 4.88. The number of rotatable bonds is 8. The van der Waals surface area contributed by atoms with E-state index >= 15 is 0 Å². The van der Waals surface area contributed by atoms with Crippen molar-refractivity contribution in [2.45, 2.75) is 25.5 Å². The lowest BCUT2D eigenvalue weighted by molar-refractivity contribution is 0.0571. The Balaban J connectivity index is 1.78. The number of thiophene rings is 1. The number of hydrogen-bond acceptors (Lipinski definition) is 4. The summed E-state index contributed by atoms with van der Waals surface area (Å²) >= 11 is 1.59. The van der Waals surface area contributed by atoms with E-state index in [0.29, 0.717) is 26.1 Å². The minimum absolute atomic E-state index is 0.504. The fraction of sp³-hybridized carbons (Fsp3) is 0.333. The first-order valence-corrected chi connectivity index (χ1v) is 8.17. The van der Waals surface area contributed by atoms with Gasteiger partial charge >= 0.3 is 0 Å². The van der Waals surface area contributed by atoms with E-state index in [-0.39, 0.29) is 0 Å². The summed E-state index contributed by atoms with van der Waals surface area (Å²) in [4.78, 5) is 0. The minimum Gasteiger partial charge on any atom is -0.493 e. The highest BCUT2D eigenvalue weighted by Gasteiger charge is 2.22. The zero-order chi connectivity index (χ0) is 15.8. The molecule has 3 nitrogen and oxygen atoms in total. The largest absolute Gasteiger partial charge is 0.493 e. The Hall–Kier alpha value is -1.80. The SMILES string of the molecule is C#CCCOc1ccc(CNCC(C)(O)c2ccsc2)cc1. The molecular weight excluding hydrogens is 294 g/mol. The number of terminal acetylenes is 1. The smallest absolute Gasteiger partial charge is 0.119 e. The van der Waals surface area contributed by atoms with Crippen LogP contribution in [0.1, 0.15) is 24.5 Å². The normalized spacial score (nSPS) is 13.3. The summed E-state index contributed by atoms with van der Waals surface area (Å²) in [5.41, 5.74) is 1.24. The average molecular weight is 315 g/mol. The molecule has 0 amide bonds. The Kier molecular flexibility index (Phi) is 6.02. The molecule has 1 heterocycles. The zero-order valence-electron chi connectivity index (χ0n) is 12.7. The van der Waals surface area contributed by atoms with Gasteiger partial charge in [0, 0.05) is 19.5 Å². The van der Waals surface area contributed by atoms with Crippen molar-refractivity contribution >= 4 is 11.3 Å². The van der Waals surface area contributed by atoms with Gasteiger partial charge in [0.25, 0.3) is 0 Å². The molecule has 2 rings (SSSR count). The van der Waals surface area contributed by atoms with Gasteiger partial charge in [-0.15, -0.1) is 12.3 Å². The fourth-order valence-electron chi connectivity index (χ4n) is 2.05. The molecule has 0 radical (unpaired) electrons. The van der Waals surface area contributed by atoms with Crippen LogP contribution < -0.4 is 10.1 Å². The highest BCUT2D eigenvalue weighted by Crippen LogP contribution is 2.22. The molecular formula is C18H21NO2S. The first kappa shape index (κ1) is 16.6. The zero-order valence-corrected chi connectivity index (χ0v) is 13.5. The molecule has 1 atom stereocenters. The van der Waals surface area contributed by atoms with E-state index in [1.165, 1.54) is 0 Å². The minimum atomic E-state index is -0.849. The van der Waals surface area contributed by atoms with Gasteiger partial charge in [-0.05, 0) is 47.0 Å². The van der Waals surface area contributed by atoms with Crippen molar-refractivity contribution in [3.05, 3.63) is 52.2 Å². The van der Waals surface area contributed by atoms with Crippen LogP contribution in [0.25, 0.3) is 0 Å². The van der Waals surface area contributed by atoms with Gasteiger partial charge in [0.1, 0.15) is 5.75 Å². The van der Waals surface area contributed by atoms with Crippen molar-refractivity contribution in [3.63, 3.8) is 0 Å². The number of benzene rings is 1. The molecule has 116 valence electrons. The van der Waals surface area contributed by atoms with E-state index in [2.05, 4.69) is 11.2 Å². The van der Waals surface area contributed by atoms with Crippen molar-refractivity contribution < 1.29 is 9.84 Å². The summed E-state index contributed by atoms with van der Waals surface area (Å²) in [5, 5.41) is 17.7. The Labute approximate surface area is 136 Å². The van der Waals surface area contributed by atoms with Crippen molar-refractivity contribution in [1.82, 2.24) is 5.32 Å². The second-order valence-electron chi connectivity index (χ2n) is 5.34. The van der Waals surface area contributed by atoms with Crippen LogP contribution in [-0.2, 0) is 12.1 Å². The molecule has 0 saturated carbocycles. The highest BCUT2D eigenvalue weighted by atomic mass is 32.1. The first-order valence-electron chi connectivity index (χ1n) is 7.23. The molecule has 0 aliphatic rings. The van der Waals surface area contributed by atoms with Crippen LogP contribution in [0, 0.1) is 12.3 Å². The number of nitrogens with one attached hydrogen (secondary N) is 1. The standard InChI is InChI=1S/C18H21NO2S/c1-3-4-10-21-17-7-5-15(6-8-17)12-19-14-18(2,20)16-9-11-22-13-16/h1,5-9,11,13,19-20H,4,10,12,14H2,2H3. The Morgan fingerprint density at radius 2 is 2.09 bits per heavy atom. The van der Waals surface area contributed by atoms with Gasteiger partial charge in [-0.1, -0.05) is 12.1 Å². The Morgan fingerprint density at radius 1 is 1.32 bits per heavy atom.